The maximum atomic E-state index is 13.2. The van der Waals surface area contributed by atoms with Crippen molar-refractivity contribution in [2.45, 2.75) is 0 Å². The van der Waals surface area contributed by atoms with Crippen molar-refractivity contribution in [1.29, 1.82) is 0 Å². The van der Waals surface area contributed by atoms with Gasteiger partial charge < -0.3 is 4.74 Å². The zero-order valence-electron chi connectivity index (χ0n) is 9.61. The third-order valence-electron chi connectivity index (χ3n) is 2.53. The van der Waals surface area contributed by atoms with Crippen LogP contribution in [0.15, 0.2) is 46.9 Å². The molecule has 0 amide bonds. The molecule has 0 spiro atoms. The maximum Gasteiger partial charge on any atom is 0.339 e. The van der Waals surface area contributed by atoms with Gasteiger partial charge in [-0.15, -0.1) is 0 Å². The predicted molar refractivity (Wildman–Crippen MR) is 70.9 cm³/mol. The molecule has 0 aliphatic rings. The number of ether oxygens (including phenoxy) is 1. The van der Waals surface area contributed by atoms with Gasteiger partial charge in [-0.3, -0.25) is 0 Å². The van der Waals surface area contributed by atoms with E-state index >= 15 is 0 Å². The molecule has 0 saturated carbocycles. The van der Waals surface area contributed by atoms with Crippen LogP contribution >= 0.6 is 15.9 Å². The van der Waals surface area contributed by atoms with E-state index in [1.807, 2.05) is 6.07 Å². The Hall–Kier alpha value is -1.68. The maximum absolute atomic E-state index is 13.2. The molecule has 2 nitrogen and oxygen atoms in total. The number of hydrogen-bond donors (Lipinski definition) is 0. The molecule has 0 aromatic heterocycles. The summed E-state index contributed by atoms with van der Waals surface area (Å²) in [6, 6.07) is 11.4. The fraction of sp³-hybridized carbons (Fsp3) is 0.0714. The number of methoxy groups -OCH3 is 1. The average molecular weight is 309 g/mol. The van der Waals surface area contributed by atoms with Crippen LogP contribution < -0.4 is 0 Å². The minimum absolute atomic E-state index is 0.310. The first-order chi connectivity index (χ1) is 8.61. The SMILES string of the molecule is COC(=O)c1cc(-c2cccc(F)c2)ccc1Br. The fourth-order valence-electron chi connectivity index (χ4n) is 1.64. The first kappa shape index (κ1) is 12.8. The zero-order chi connectivity index (χ0) is 13.1. The Bertz CT molecular complexity index is 596. The molecular weight excluding hydrogens is 299 g/mol. The molecule has 2 aromatic rings. The van der Waals surface area contributed by atoms with Crippen LogP contribution in [0.2, 0.25) is 0 Å². The first-order valence-electron chi connectivity index (χ1n) is 5.25. The van der Waals surface area contributed by atoms with Gasteiger partial charge >= 0.3 is 5.97 Å². The lowest BCUT2D eigenvalue weighted by Crippen LogP contribution is -2.02. The Morgan fingerprint density at radius 1 is 1.17 bits per heavy atom. The molecule has 92 valence electrons. The van der Waals surface area contributed by atoms with Crippen molar-refractivity contribution in [3.63, 3.8) is 0 Å². The number of carbonyl (C=O) groups excluding carboxylic acids is 1. The molecule has 0 radical (unpaired) electrons. The largest absolute Gasteiger partial charge is 0.465 e. The Morgan fingerprint density at radius 2 is 1.89 bits per heavy atom. The molecule has 18 heavy (non-hydrogen) atoms. The number of benzene rings is 2. The standard InChI is InChI=1S/C14H10BrFO2/c1-18-14(17)12-8-10(5-6-13(12)15)9-3-2-4-11(16)7-9/h2-8H,1H3. The molecule has 4 heteroatoms. The van der Waals surface area contributed by atoms with E-state index in [-0.39, 0.29) is 5.82 Å². The second-order valence-corrected chi connectivity index (χ2v) is 4.55. The summed E-state index contributed by atoms with van der Waals surface area (Å²) in [6.45, 7) is 0. The van der Waals surface area contributed by atoms with Crippen LogP contribution in [0.1, 0.15) is 10.4 Å². The number of rotatable bonds is 2. The summed E-state index contributed by atoms with van der Waals surface area (Å²) in [5.41, 5.74) is 1.89. The van der Waals surface area contributed by atoms with Crippen LogP contribution in [0.25, 0.3) is 11.1 Å². The molecule has 0 aliphatic heterocycles. The van der Waals surface area contributed by atoms with Crippen LogP contribution in [0.3, 0.4) is 0 Å². The highest BCUT2D eigenvalue weighted by Crippen LogP contribution is 2.26. The Kier molecular flexibility index (Phi) is 3.77. The normalized spacial score (nSPS) is 10.2. The summed E-state index contributed by atoms with van der Waals surface area (Å²) in [4.78, 5) is 11.6. The monoisotopic (exact) mass is 308 g/mol. The second-order valence-electron chi connectivity index (χ2n) is 3.70. The van der Waals surface area contributed by atoms with E-state index in [2.05, 4.69) is 20.7 Å². The molecule has 2 rings (SSSR count). The number of esters is 1. The van der Waals surface area contributed by atoms with Gasteiger partial charge in [0.2, 0.25) is 0 Å². The topological polar surface area (TPSA) is 26.3 Å². The van der Waals surface area contributed by atoms with Crippen molar-refractivity contribution in [3.05, 3.63) is 58.3 Å². The Balaban J connectivity index is 2.50. The molecule has 0 unspecified atom stereocenters. The molecule has 0 saturated heterocycles. The highest BCUT2D eigenvalue weighted by Gasteiger charge is 2.11. The van der Waals surface area contributed by atoms with Gasteiger partial charge in [0.25, 0.3) is 0 Å². The summed E-state index contributed by atoms with van der Waals surface area (Å²) in [5.74, 6) is -0.741. The van der Waals surface area contributed by atoms with Crippen molar-refractivity contribution in [2.75, 3.05) is 7.11 Å². The lowest BCUT2D eigenvalue weighted by atomic mass is 10.0. The highest BCUT2D eigenvalue weighted by atomic mass is 79.9. The molecule has 0 fully saturated rings. The van der Waals surface area contributed by atoms with E-state index in [0.717, 1.165) is 5.56 Å². The average Bonchev–Trinajstić information content (AvgIpc) is 2.38. The molecule has 0 aliphatic carbocycles. The minimum atomic E-state index is -0.430. The number of carbonyl (C=O) groups is 1. The van der Waals surface area contributed by atoms with Gasteiger partial charge in [-0.1, -0.05) is 18.2 Å². The lowest BCUT2D eigenvalue weighted by Gasteiger charge is -2.06. The van der Waals surface area contributed by atoms with E-state index in [4.69, 9.17) is 0 Å². The lowest BCUT2D eigenvalue weighted by molar-refractivity contribution is 0.0599. The van der Waals surface area contributed by atoms with E-state index in [1.165, 1.54) is 19.2 Å². The molecule has 0 atom stereocenters. The molecule has 0 N–H and O–H groups in total. The van der Waals surface area contributed by atoms with Crippen LogP contribution in [-0.2, 0) is 4.74 Å². The predicted octanol–water partition coefficient (Wildman–Crippen LogP) is 4.04. The summed E-state index contributed by atoms with van der Waals surface area (Å²) in [7, 11) is 1.32. The van der Waals surface area contributed by atoms with E-state index in [0.29, 0.717) is 15.6 Å². The summed E-state index contributed by atoms with van der Waals surface area (Å²) < 4.78 is 18.5. The second kappa shape index (κ2) is 5.31. The number of hydrogen-bond acceptors (Lipinski definition) is 2. The van der Waals surface area contributed by atoms with E-state index in [9.17, 15) is 9.18 Å². The highest BCUT2D eigenvalue weighted by molar-refractivity contribution is 9.10. The quantitative estimate of drug-likeness (QED) is 0.783. The van der Waals surface area contributed by atoms with Crippen molar-refractivity contribution < 1.29 is 13.9 Å². The van der Waals surface area contributed by atoms with Crippen molar-refractivity contribution >= 4 is 21.9 Å². The minimum Gasteiger partial charge on any atom is -0.465 e. The molecule has 0 heterocycles. The van der Waals surface area contributed by atoms with E-state index < -0.39 is 5.97 Å². The van der Waals surface area contributed by atoms with Gasteiger partial charge in [-0.05, 0) is 51.3 Å². The summed E-state index contributed by atoms with van der Waals surface area (Å²) in [5, 5.41) is 0. The van der Waals surface area contributed by atoms with Gasteiger partial charge in [0.15, 0.2) is 0 Å². The van der Waals surface area contributed by atoms with Crippen LogP contribution in [0.4, 0.5) is 4.39 Å². The summed E-state index contributed by atoms with van der Waals surface area (Å²) >= 11 is 3.28. The van der Waals surface area contributed by atoms with Crippen molar-refractivity contribution in [3.8, 4) is 11.1 Å². The van der Waals surface area contributed by atoms with Crippen LogP contribution in [-0.4, -0.2) is 13.1 Å². The van der Waals surface area contributed by atoms with Crippen LogP contribution in [0.5, 0.6) is 0 Å². The third-order valence-corrected chi connectivity index (χ3v) is 3.22. The fourth-order valence-corrected chi connectivity index (χ4v) is 2.05. The van der Waals surface area contributed by atoms with Gasteiger partial charge in [0, 0.05) is 4.47 Å². The van der Waals surface area contributed by atoms with Gasteiger partial charge in [0.1, 0.15) is 5.82 Å². The van der Waals surface area contributed by atoms with Crippen LogP contribution in [0, 0.1) is 5.82 Å². The Labute approximate surface area is 113 Å². The molecule has 2 aromatic carbocycles. The van der Waals surface area contributed by atoms with Crippen molar-refractivity contribution in [2.24, 2.45) is 0 Å². The van der Waals surface area contributed by atoms with Crippen molar-refractivity contribution in [1.82, 2.24) is 0 Å². The first-order valence-corrected chi connectivity index (χ1v) is 6.05. The summed E-state index contributed by atoms with van der Waals surface area (Å²) in [6.07, 6.45) is 0. The third kappa shape index (κ3) is 2.59. The Morgan fingerprint density at radius 3 is 2.56 bits per heavy atom. The zero-order valence-corrected chi connectivity index (χ0v) is 11.2. The van der Waals surface area contributed by atoms with Gasteiger partial charge in [0.05, 0.1) is 12.7 Å². The van der Waals surface area contributed by atoms with E-state index in [1.54, 1.807) is 24.3 Å². The molecular formula is C14H10BrFO2. The number of halogens is 2. The van der Waals surface area contributed by atoms with Gasteiger partial charge in [-0.2, -0.15) is 0 Å². The molecule has 0 bridgehead atoms. The van der Waals surface area contributed by atoms with Gasteiger partial charge in [-0.25, -0.2) is 9.18 Å². The smallest absolute Gasteiger partial charge is 0.339 e.